The highest BCUT2D eigenvalue weighted by Gasteiger charge is 2.31. The largest absolute Gasteiger partial charge is 0.369 e. The summed E-state index contributed by atoms with van der Waals surface area (Å²) >= 11 is 6.48. The van der Waals surface area contributed by atoms with Gasteiger partial charge in [-0.2, -0.15) is 0 Å². The van der Waals surface area contributed by atoms with Gasteiger partial charge in [0.25, 0.3) is 11.5 Å². The van der Waals surface area contributed by atoms with Crippen LogP contribution >= 0.6 is 24.0 Å². The van der Waals surface area contributed by atoms with E-state index < -0.39 is 0 Å². The molecule has 27 heavy (non-hydrogen) atoms. The summed E-state index contributed by atoms with van der Waals surface area (Å²) < 4.78 is 2.03. The van der Waals surface area contributed by atoms with Crippen molar-refractivity contribution in [1.82, 2.24) is 14.3 Å². The summed E-state index contributed by atoms with van der Waals surface area (Å²) in [6, 6.07) is 3.73. The Kier molecular flexibility index (Phi) is 5.67. The van der Waals surface area contributed by atoms with E-state index in [1.807, 2.05) is 26.0 Å². The van der Waals surface area contributed by atoms with Crippen LogP contribution in [0, 0.1) is 12.8 Å². The van der Waals surface area contributed by atoms with E-state index >= 15 is 0 Å². The molecule has 1 amide bonds. The normalized spacial score (nSPS) is 16.2. The molecule has 0 atom stereocenters. The number of fused-ring (bicyclic) bond motifs is 1. The van der Waals surface area contributed by atoms with E-state index in [1.165, 1.54) is 21.1 Å². The third-order valence-corrected chi connectivity index (χ3v) is 5.61. The van der Waals surface area contributed by atoms with Crippen LogP contribution < -0.4 is 10.9 Å². The Hall–Kier alpha value is -2.19. The van der Waals surface area contributed by atoms with Crippen LogP contribution in [0.5, 0.6) is 0 Å². The van der Waals surface area contributed by atoms with Gasteiger partial charge < -0.3 is 5.32 Å². The van der Waals surface area contributed by atoms with Crippen LogP contribution in [-0.4, -0.2) is 37.6 Å². The maximum absolute atomic E-state index is 13.1. The number of nitrogens with one attached hydrogen (secondary N) is 1. The van der Waals surface area contributed by atoms with E-state index in [0.29, 0.717) is 45.3 Å². The summed E-state index contributed by atoms with van der Waals surface area (Å²) in [4.78, 5) is 32.4. The fourth-order valence-corrected chi connectivity index (χ4v) is 4.15. The molecule has 1 aliphatic heterocycles. The molecule has 0 bridgehead atoms. The Morgan fingerprint density at radius 1 is 1.37 bits per heavy atom. The lowest BCUT2D eigenvalue weighted by atomic mass is 10.2. The second kappa shape index (κ2) is 7.82. The first-order valence-electron chi connectivity index (χ1n) is 8.84. The highest BCUT2D eigenvalue weighted by atomic mass is 32.2. The summed E-state index contributed by atoms with van der Waals surface area (Å²) in [5.74, 6) is 0.703. The fourth-order valence-electron chi connectivity index (χ4n) is 2.78. The quantitative estimate of drug-likeness (QED) is 0.611. The molecule has 0 radical (unpaired) electrons. The molecule has 1 N–H and O–H groups in total. The average Bonchev–Trinajstić information content (AvgIpc) is 2.89. The molecule has 2 aromatic rings. The lowest BCUT2D eigenvalue weighted by Crippen LogP contribution is -2.27. The molecule has 0 unspecified atom stereocenters. The Labute approximate surface area is 167 Å². The monoisotopic (exact) mass is 402 g/mol. The summed E-state index contributed by atoms with van der Waals surface area (Å²) in [6.07, 6.45) is 3.31. The molecule has 0 saturated carbocycles. The maximum atomic E-state index is 13.1. The first-order chi connectivity index (χ1) is 12.8. The molecule has 0 aliphatic carbocycles. The zero-order valence-corrected chi connectivity index (χ0v) is 17.4. The van der Waals surface area contributed by atoms with Crippen LogP contribution in [-0.2, 0) is 4.79 Å². The van der Waals surface area contributed by atoms with Crippen molar-refractivity contribution in [3.05, 3.63) is 44.7 Å². The minimum absolute atomic E-state index is 0.170. The van der Waals surface area contributed by atoms with Crippen LogP contribution in [0.1, 0.15) is 31.9 Å². The number of hydrogen-bond donors (Lipinski definition) is 1. The second-order valence-corrected chi connectivity index (χ2v) is 8.44. The van der Waals surface area contributed by atoms with Gasteiger partial charge in [0, 0.05) is 19.3 Å². The predicted molar refractivity (Wildman–Crippen MR) is 115 cm³/mol. The van der Waals surface area contributed by atoms with Gasteiger partial charge in [-0.05, 0) is 37.5 Å². The van der Waals surface area contributed by atoms with Crippen LogP contribution in [0.15, 0.2) is 28.0 Å². The predicted octanol–water partition coefficient (Wildman–Crippen LogP) is 3.29. The smallest absolute Gasteiger partial charge is 0.267 e. The van der Waals surface area contributed by atoms with Crippen LogP contribution in [0.3, 0.4) is 0 Å². The minimum Gasteiger partial charge on any atom is -0.369 e. The number of likely N-dealkylation sites (N-methyl/N-ethyl adjacent to an activating group) is 1. The van der Waals surface area contributed by atoms with Gasteiger partial charge in [-0.3, -0.25) is 18.9 Å². The first kappa shape index (κ1) is 19.6. The molecule has 0 aromatic carbocycles. The average molecular weight is 403 g/mol. The Morgan fingerprint density at radius 2 is 2.11 bits per heavy atom. The third-order valence-electron chi connectivity index (χ3n) is 4.23. The van der Waals surface area contributed by atoms with Gasteiger partial charge >= 0.3 is 0 Å². The highest BCUT2D eigenvalue weighted by Crippen LogP contribution is 2.32. The van der Waals surface area contributed by atoms with E-state index in [0.717, 1.165) is 5.56 Å². The van der Waals surface area contributed by atoms with Crippen molar-refractivity contribution in [3.8, 4) is 0 Å². The Morgan fingerprint density at radius 3 is 2.74 bits per heavy atom. The molecule has 1 saturated heterocycles. The van der Waals surface area contributed by atoms with Crippen LogP contribution in [0.25, 0.3) is 11.7 Å². The molecule has 8 heteroatoms. The van der Waals surface area contributed by atoms with Gasteiger partial charge in [0.05, 0.1) is 10.5 Å². The van der Waals surface area contributed by atoms with Crippen molar-refractivity contribution in [3.63, 3.8) is 0 Å². The van der Waals surface area contributed by atoms with Crippen molar-refractivity contribution < 1.29 is 4.79 Å². The van der Waals surface area contributed by atoms with Crippen LogP contribution in [0.2, 0.25) is 0 Å². The van der Waals surface area contributed by atoms with Crippen molar-refractivity contribution >= 4 is 51.7 Å². The number of carbonyl (C=O) groups excluding carboxylic acids is 1. The molecule has 1 aliphatic rings. The molecule has 3 heterocycles. The third kappa shape index (κ3) is 3.77. The number of thioether (sulfide) groups is 1. The van der Waals surface area contributed by atoms with E-state index in [1.54, 1.807) is 12.3 Å². The summed E-state index contributed by atoms with van der Waals surface area (Å²) in [6.45, 7) is 9.13. The Balaban J connectivity index is 2.18. The number of aromatic nitrogens is 2. The van der Waals surface area contributed by atoms with E-state index in [-0.39, 0.29) is 11.5 Å². The molecular formula is C19H22N4O2S2. The fraction of sp³-hybridized carbons (Fsp3) is 0.368. The number of nitrogens with zero attached hydrogens (tertiary/aromatic N) is 3. The van der Waals surface area contributed by atoms with Gasteiger partial charge in [0.2, 0.25) is 0 Å². The summed E-state index contributed by atoms with van der Waals surface area (Å²) in [5.41, 5.74) is 1.67. The SMILES string of the molecule is CCN1C(=O)/C(=C/c2c(NCC(C)C)nc3c(C)cccn3c2=O)SC1=S. The van der Waals surface area contributed by atoms with E-state index in [2.05, 4.69) is 24.1 Å². The summed E-state index contributed by atoms with van der Waals surface area (Å²) in [5, 5.41) is 3.26. The molecule has 0 spiro atoms. The zero-order chi connectivity index (χ0) is 19.7. The van der Waals surface area contributed by atoms with Crippen molar-refractivity contribution in [1.29, 1.82) is 0 Å². The van der Waals surface area contributed by atoms with E-state index in [4.69, 9.17) is 12.2 Å². The van der Waals surface area contributed by atoms with Crippen molar-refractivity contribution in [2.24, 2.45) is 5.92 Å². The number of anilines is 1. The number of rotatable bonds is 5. The molecule has 6 nitrogen and oxygen atoms in total. The van der Waals surface area contributed by atoms with Gasteiger partial charge in [-0.1, -0.05) is 43.9 Å². The number of pyridine rings is 1. The lowest BCUT2D eigenvalue weighted by Gasteiger charge is -2.13. The number of carbonyl (C=O) groups is 1. The molecular weight excluding hydrogens is 380 g/mol. The molecule has 2 aromatic heterocycles. The Bertz CT molecular complexity index is 1010. The minimum atomic E-state index is -0.211. The number of hydrogen-bond acceptors (Lipinski definition) is 6. The van der Waals surface area contributed by atoms with Gasteiger partial charge in [-0.15, -0.1) is 0 Å². The number of thiocarbonyl (C=S) groups is 1. The zero-order valence-electron chi connectivity index (χ0n) is 15.8. The van der Waals surface area contributed by atoms with Crippen LogP contribution in [0.4, 0.5) is 5.82 Å². The van der Waals surface area contributed by atoms with E-state index in [9.17, 15) is 9.59 Å². The van der Waals surface area contributed by atoms with Gasteiger partial charge in [0.1, 0.15) is 15.8 Å². The summed E-state index contributed by atoms with van der Waals surface area (Å²) in [7, 11) is 0. The molecule has 3 rings (SSSR count). The van der Waals surface area contributed by atoms with Gasteiger partial charge in [0.15, 0.2) is 0 Å². The van der Waals surface area contributed by atoms with Crippen molar-refractivity contribution in [2.45, 2.75) is 27.7 Å². The maximum Gasteiger partial charge on any atom is 0.267 e. The molecule has 1 fully saturated rings. The first-order valence-corrected chi connectivity index (χ1v) is 10.1. The molecule has 142 valence electrons. The number of amides is 1. The van der Waals surface area contributed by atoms with Gasteiger partial charge in [-0.25, -0.2) is 4.98 Å². The second-order valence-electron chi connectivity index (χ2n) is 6.76. The highest BCUT2D eigenvalue weighted by molar-refractivity contribution is 8.26. The topological polar surface area (TPSA) is 66.7 Å². The lowest BCUT2D eigenvalue weighted by molar-refractivity contribution is -0.121. The van der Waals surface area contributed by atoms with Crippen molar-refractivity contribution in [2.75, 3.05) is 18.4 Å². The standard InChI is InChI=1S/C19H22N4O2S2/c1-5-22-18(25)14(27-19(22)26)9-13-15(20-10-11(2)3)21-16-12(4)7-6-8-23(16)17(13)24/h6-9,11,20H,5,10H2,1-4H3/b14-9-. The number of aryl methyl sites for hydroxylation is 1.